The molecule has 1 unspecified atom stereocenters. The number of hydrogen-bond donors (Lipinski definition) is 1. The van der Waals surface area contributed by atoms with Crippen molar-refractivity contribution in [1.29, 1.82) is 10.5 Å². The lowest BCUT2D eigenvalue weighted by molar-refractivity contribution is 0.0937. The van der Waals surface area contributed by atoms with Gasteiger partial charge < -0.3 is 5.32 Å². The zero-order valence-corrected chi connectivity index (χ0v) is 20.0. The number of nitrogens with zero attached hydrogens (tertiary/aromatic N) is 3. The average Bonchev–Trinajstić information content (AvgIpc) is 3.32. The summed E-state index contributed by atoms with van der Waals surface area (Å²) in [7, 11) is -3.31. The van der Waals surface area contributed by atoms with Gasteiger partial charge in [-0.2, -0.15) is 10.5 Å². The molecule has 35 heavy (non-hydrogen) atoms. The van der Waals surface area contributed by atoms with Crippen molar-refractivity contribution < 1.29 is 13.2 Å². The number of sulfone groups is 1. The van der Waals surface area contributed by atoms with E-state index in [1.807, 2.05) is 30.3 Å². The predicted octanol–water partition coefficient (Wildman–Crippen LogP) is 3.43. The quantitative estimate of drug-likeness (QED) is 0.573. The molecule has 7 nitrogen and oxygen atoms in total. The van der Waals surface area contributed by atoms with Crippen LogP contribution in [0.3, 0.4) is 0 Å². The monoisotopic (exact) mass is 484 g/mol. The maximum absolute atomic E-state index is 12.7. The molecule has 0 aromatic heterocycles. The highest BCUT2D eigenvalue weighted by molar-refractivity contribution is 7.90. The fraction of sp³-hybridized carbons (Fsp3) is 0.222. The van der Waals surface area contributed by atoms with Crippen molar-refractivity contribution in [1.82, 2.24) is 10.2 Å². The van der Waals surface area contributed by atoms with E-state index in [4.69, 9.17) is 5.26 Å². The lowest BCUT2D eigenvalue weighted by Crippen LogP contribution is -2.38. The summed E-state index contributed by atoms with van der Waals surface area (Å²) in [6.07, 6.45) is 1.94. The highest BCUT2D eigenvalue weighted by Gasteiger charge is 2.31. The van der Waals surface area contributed by atoms with Gasteiger partial charge in [-0.25, -0.2) is 8.42 Å². The Morgan fingerprint density at radius 1 is 0.914 bits per heavy atom. The normalized spacial score (nSPS) is 16.7. The molecular formula is C27H24N4O3S. The van der Waals surface area contributed by atoms with Crippen LogP contribution < -0.4 is 5.32 Å². The van der Waals surface area contributed by atoms with E-state index in [0.29, 0.717) is 23.2 Å². The molecule has 4 rings (SSSR count). The van der Waals surface area contributed by atoms with Gasteiger partial charge in [-0.05, 0) is 66.1 Å². The maximum atomic E-state index is 12.7. The van der Waals surface area contributed by atoms with Crippen molar-refractivity contribution in [2.75, 3.05) is 19.3 Å². The van der Waals surface area contributed by atoms with Crippen LogP contribution in [0.5, 0.6) is 0 Å². The van der Waals surface area contributed by atoms with Gasteiger partial charge in [-0.1, -0.05) is 24.3 Å². The van der Waals surface area contributed by atoms with Crippen LogP contribution in [0, 0.1) is 22.7 Å². The second-order valence-electron chi connectivity index (χ2n) is 8.62. The Morgan fingerprint density at radius 2 is 1.43 bits per heavy atom. The number of carbonyl (C=O) groups is 1. The summed E-state index contributed by atoms with van der Waals surface area (Å²) >= 11 is 0. The Kier molecular flexibility index (Phi) is 6.97. The first-order valence-electron chi connectivity index (χ1n) is 11.1. The van der Waals surface area contributed by atoms with E-state index in [2.05, 4.69) is 16.3 Å². The molecular weight excluding hydrogens is 460 g/mol. The fourth-order valence-electron chi connectivity index (χ4n) is 4.36. The topological polar surface area (TPSA) is 114 Å². The molecule has 2 atom stereocenters. The highest BCUT2D eigenvalue weighted by atomic mass is 32.2. The standard InChI is InChI=1S/C27H24N4O3S/c1-35(33,34)25-12-10-22(11-13-25)26(21-6-2-19(16-28)3-7-21)31-15-14-24(18-31)30-27(32)23-8-4-20(17-29)5-9-23/h2-13,24,26H,14-15,18H2,1H3,(H,30,32)/t24?,26-/m1/s1. The molecule has 0 saturated carbocycles. The van der Waals surface area contributed by atoms with E-state index < -0.39 is 9.84 Å². The lowest BCUT2D eigenvalue weighted by atomic mass is 9.96. The second-order valence-corrected chi connectivity index (χ2v) is 10.6. The molecule has 176 valence electrons. The third-order valence-electron chi connectivity index (χ3n) is 6.18. The first-order valence-corrected chi connectivity index (χ1v) is 13.0. The lowest BCUT2D eigenvalue weighted by Gasteiger charge is -2.29. The predicted molar refractivity (Wildman–Crippen MR) is 131 cm³/mol. The molecule has 0 aliphatic carbocycles. The number of rotatable bonds is 6. The van der Waals surface area contributed by atoms with E-state index in [-0.39, 0.29) is 22.9 Å². The van der Waals surface area contributed by atoms with Crippen molar-refractivity contribution in [3.05, 3.63) is 101 Å². The average molecular weight is 485 g/mol. The van der Waals surface area contributed by atoms with Crippen molar-refractivity contribution in [2.45, 2.75) is 23.4 Å². The number of hydrogen-bond acceptors (Lipinski definition) is 6. The van der Waals surface area contributed by atoms with Crippen LogP contribution in [-0.4, -0.2) is 44.6 Å². The molecule has 8 heteroatoms. The summed E-state index contributed by atoms with van der Waals surface area (Å²) in [6.45, 7) is 1.34. The van der Waals surface area contributed by atoms with Crippen molar-refractivity contribution >= 4 is 15.7 Å². The number of nitriles is 2. The Labute approximate surface area is 205 Å². The Balaban J connectivity index is 1.56. The van der Waals surface area contributed by atoms with Crippen molar-refractivity contribution in [2.24, 2.45) is 0 Å². The molecule has 3 aromatic carbocycles. The third kappa shape index (κ3) is 5.58. The van der Waals surface area contributed by atoms with Crippen LogP contribution in [0.1, 0.15) is 45.1 Å². The molecule has 1 heterocycles. The minimum Gasteiger partial charge on any atom is -0.348 e. The number of benzene rings is 3. The van der Waals surface area contributed by atoms with E-state index in [1.54, 1.807) is 48.5 Å². The number of nitrogens with one attached hydrogen (secondary N) is 1. The molecule has 1 aliphatic heterocycles. The SMILES string of the molecule is CS(=O)(=O)c1ccc([C@@H](c2ccc(C#N)cc2)N2CCC(NC(=O)c3ccc(C#N)cc3)C2)cc1. The zero-order chi connectivity index (χ0) is 25.0. The number of likely N-dealkylation sites (tertiary alicyclic amines) is 1. The van der Waals surface area contributed by atoms with Gasteiger partial charge in [0.15, 0.2) is 9.84 Å². The van der Waals surface area contributed by atoms with Crippen LogP contribution >= 0.6 is 0 Å². The minimum absolute atomic E-state index is 0.0608. The summed E-state index contributed by atoms with van der Waals surface area (Å²) in [4.78, 5) is 15.2. The molecule has 1 amide bonds. The fourth-order valence-corrected chi connectivity index (χ4v) is 4.99. The molecule has 1 fully saturated rings. The second kappa shape index (κ2) is 10.1. The molecule has 1 aliphatic rings. The zero-order valence-electron chi connectivity index (χ0n) is 19.2. The molecule has 0 spiro atoms. The minimum atomic E-state index is -3.31. The first kappa shape index (κ1) is 24.2. The van der Waals surface area contributed by atoms with Crippen LogP contribution in [-0.2, 0) is 9.84 Å². The molecule has 1 saturated heterocycles. The van der Waals surface area contributed by atoms with Crippen LogP contribution in [0.2, 0.25) is 0 Å². The van der Waals surface area contributed by atoms with Gasteiger partial charge in [0.05, 0.1) is 34.2 Å². The van der Waals surface area contributed by atoms with E-state index in [9.17, 15) is 18.5 Å². The van der Waals surface area contributed by atoms with Crippen LogP contribution in [0.4, 0.5) is 0 Å². The number of carbonyl (C=O) groups excluding carboxylic acids is 1. The van der Waals surface area contributed by atoms with Crippen LogP contribution in [0.25, 0.3) is 0 Å². The summed E-state index contributed by atoms with van der Waals surface area (Å²) in [5, 5.41) is 21.2. The third-order valence-corrected chi connectivity index (χ3v) is 7.30. The molecule has 0 bridgehead atoms. The van der Waals surface area contributed by atoms with Crippen molar-refractivity contribution in [3.63, 3.8) is 0 Å². The summed E-state index contributed by atoms with van der Waals surface area (Å²) in [5.74, 6) is -0.186. The Hall–Kier alpha value is -3.98. The van der Waals surface area contributed by atoms with Gasteiger partial charge in [0.2, 0.25) is 0 Å². The van der Waals surface area contributed by atoms with Crippen LogP contribution in [0.15, 0.2) is 77.7 Å². The summed E-state index contributed by atoms with van der Waals surface area (Å²) < 4.78 is 23.8. The molecule has 3 aromatic rings. The maximum Gasteiger partial charge on any atom is 0.251 e. The van der Waals surface area contributed by atoms with Gasteiger partial charge in [-0.15, -0.1) is 0 Å². The highest BCUT2D eigenvalue weighted by Crippen LogP contribution is 2.32. The largest absolute Gasteiger partial charge is 0.348 e. The van der Waals surface area contributed by atoms with Crippen molar-refractivity contribution in [3.8, 4) is 12.1 Å². The van der Waals surface area contributed by atoms with E-state index in [1.165, 1.54) is 6.26 Å². The van der Waals surface area contributed by atoms with E-state index >= 15 is 0 Å². The van der Waals surface area contributed by atoms with E-state index in [0.717, 1.165) is 24.1 Å². The summed E-state index contributed by atoms with van der Waals surface area (Å²) in [6, 6.07) is 24.7. The smallest absolute Gasteiger partial charge is 0.251 e. The van der Waals surface area contributed by atoms with Gasteiger partial charge in [0, 0.05) is 31.0 Å². The van der Waals surface area contributed by atoms with Gasteiger partial charge in [-0.3, -0.25) is 9.69 Å². The van der Waals surface area contributed by atoms with Gasteiger partial charge >= 0.3 is 0 Å². The molecule has 0 radical (unpaired) electrons. The number of amides is 1. The summed E-state index contributed by atoms with van der Waals surface area (Å²) in [5.41, 5.74) is 3.48. The molecule has 1 N–H and O–H groups in total. The van der Waals surface area contributed by atoms with Gasteiger partial charge in [0.25, 0.3) is 5.91 Å². The Morgan fingerprint density at radius 3 is 1.94 bits per heavy atom. The Bertz CT molecular complexity index is 1400. The van der Waals surface area contributed by atoms with Gasteiger partial charge in [0.1, 0.15) is 0 Å². The first-order chi connectivity index (χ1) is 16.8.